The summed E-state index contributed by atoms with van der Waals surface area (Å²) in [5, 5.41) is 21.2. The number of carbonyl (C=O) groups is 2. The highest BCUT2D eigenvalue weighted by atomic mass is 16.4. The zero-order valence-corrected chi connectivity index (χ0v) is 11.4. The zero-order chi connectivity index (χ0) is 15.4. The Morgan fingerprint density at radius 3 is 2.33 bits per heavy atom. The van der Waals surface area contributed by atoms with Crippen LogP contribution < -0.4 is 5.32 Å². The van der Waals surface area contributed by atoms with Crippen molar-refractivity contribution >= 4 is 17.6 Å². The molecule has 0 radical (unpaired) electrons. The number of hydrogen-bond donors (Lipinski definition) is 3. The van der Waals surface area contributed by atoms with Crippen LogP contribution in [0.2, 0.25) is 0 Å². The van der Waals surface area contributed by atoms with Crippen molar-refractivity contribution in [2.45, 2.75) is 12.8 Å². The number of carboxylic acids is 1. The number of carbonyl (C=O) groups excluding carboxylic acids is 1. The van der Waals surface area contributed by atoms with Crippen LogP contribution in [0.25, 0.3) is 0 Å². The number of phenolic OH excluding ortho intramolecular Hbond substituents is 1. The van der Waals surface area contributed by atoms with Crippen LogP contribution in [0.4, 0.5) is 5.69 Å². The summed E-state index contributed by atoms with van der Waals surface area (Å²) >= 11 is 0. The fourth-order valence-corrected chi connectivity index (χ4v) is 1.90. The number of aromatic carboxylic acids is 1. The van der Waals surface area contributed by atoms with Crippen molar-refractivity contribution in [2.24, 2.45) is 0 Å². The maximum atomic E-state index is 12.1. The van der Waals surface area contributed by atoms with Gasteiger partial charge in [-0.2, -0.15) is 0 Å². The van der Waals surface area contributed by atoms with Gasteiger partial charge in [-0.25, -0.2) is 4.79 Å². The molecule has 1 amide bonds. The van der Waals surface area contributed by atoms with Crippen LogP contribution in [-0.2, 0) is 4.79 Å². The average molecular weight is 285 g/mol. The summed E-state index contributed by atoms with van der Waals surface area (Å²) in [5.74, 6) is -2.08. The maximum absolute atomic E-state index is 12.1. The normalized spacial score (nSPS) is 11.7. The van der Waals surface area contributed by atoms with E-state index in [0.29, 0.717) is 0 Å². The summed E-state index contributed by atoms with van der Waals surface area (Å²) in [7, 11) is 0. The summed E-state index contributed by atoms with van der Waals surface area (Å²) < 4.78 is 0. The van der Waals surface area contributed by atoms with Crippen molar-refractivity contribution in [3.05, 3.63) is 59.7 Å². The number of rotatable bonds is 4. The molecule has 0 saturated carbocycles. The van der Waals surface area contributed by atoms with Gasteiger partial charge >= 0.3 is 5.97 Å². The SMILES string of the molecule is CC(C(=O)Nc1ccc(C(=O)O)cc1O)c1ccccc1. The first kappa shape index (κ1) is 14.6. The quantitative estimate of drug-likeness (QED) is 0.754. The number of aromatic hydroxyl groups is 1. The first-order valence-corrected chi connectivity index (χ1v) is 6.41. The summed E-state index contributed by atoms with van der Waals surface area (Å²) in [4.78, 5) is 22.9. The molecule has 0 aromatic heterocycles. The molecule has 2 rings (SSSR count). The molecule has 0 spiro atoms. The van der Waals surface area contributed by atoms with Gasteiger partial charge in [0.1, 0.15) is 5.75 Å². The summed E-state index contributed by atoms with van der Waals surface area (Å²) in [5.41, 5.74) is 1.01. The van der Waals surface area contributed by atoms with Crippen molar-refractivity contribution < 1.29 is 19.8 Å². The number of carboxylic acid groups (broad SMARTS) is 1. The minimum atomic E-state index is -1.14. The fraction of sp³-hybridized carbons (Fsp3) is 0.125. The molecule has 21 heavy (non-hydrogen) atoms. The molecular weight excluding hydrogens is 270 g/mol. The second-order valence-electron chi connectivity index (χ2n) is 4.66. The van der Waals surface area contributed by atoms with Crippen LogP contribution in [0.1, 0.15) is 28.8 Å². The Labute approximate surface area is 121 Å². The first-order chi connectivity index (χ1) is 9.99. The molecule has 1 unspecified atom stereocenters. The monoisotopic (exact) mass is 285 g/mol. The Bertz CT molecular complexity index is 667. The molecule has 1 atom stereocenters. The highest BCUT2D eigenvalue weighted by Gasteiger charge is 2.17. The van der Waals surface area contributed by atoms with Crippen LogP contribution >= 0.6 is 0 Å². The Morgan fingerprint density at radius 2 is 1.76 bits per heavy atom. The third kappa shape index (κ3) is 3.39. The second kappa shape index (κ2) is 6.09. The second-order valence-corrected chi connectivity index (χ2v) is 4.66. The van der Waals surface area contributed by atoms with Crippen molar-refractivity contribution in [1.82, 2.24) is 0 Å². The van der Waals surface area contributed by atoms with E-state index in [9.17, 15) is 14.7 Å². The standard InChI is InChI=1S/C16H15NO4/c1-10(11-5-3-2-4-6-11)15(19)17-13-8-7-12(16(20)21)9-14(13)18/h2-10,18H,1H3,(H,17,19)(H,20,21). The van der Waals surface area contributed by atoms with Gasteiger partial charge in [-0.15, -0.1) is 0 Å². The van der Waals surface area contributed by atoms with Crippen molar-refractivity contribution in [3.8, 4) is 5.75 Å². The molecule has 2 aromatic rings. The third-order valence-electron chi connectivity index (χ3n) is 3.20. The molecule has 0 heterocycles. The molecular formula is C16H15NO4. The molecule has 108 valence electrons. The van der Waals surface area contributed by atoms with Gasteiger partial charge in [-0.05, 0) is 30.7 Å². The number of nitrogens with one attached hydrogen (secondary N) is 1. The minimum absolute atomic E-state index is 0.0402. The Morgan fingerprint density at radius 1 is 1.10 bits per heavy atom. The smallest absolute Gasteiger partial charge is 0.335 e. The molecule has 0 saturated heterocycles. The number of amides is 1. The minimum Gasteiger partial charge on any atom is -0.506 e. The van der Waals surface area contributed by atoms with E-state index in [0.717, 1.165) is 11.6 Å². The van der Waals surface area contributed by atoms with Gasteiger partial charge in [0.25, 0.3) is 0 Å². The van der Waals surface area contributed by atoms with E-state index in [1.807, 2.05) is 30.3 Å². The van der Waals surface area contributed by atoms with Crippen molar-refractivity contribution in [3.63, 3.8) is 0 Å². The molecule has 0 aliphatic rings. The van der Waals surface area contributed by atoms with Gasteiger partial charge in [-0.1, -0.05) is 30.3 Å². The van der Waals surface area contributed by atoms with Crippen molar-refractivity contribution in [2.75, 3.05) is 5.32 Å². The number of phenols is 1. The van der Waals surface area contributed by atoms with E-state index in [-0.39, 0.29) is 28.8 Å². The maximum Gasteiger partial charge on any atom is 0.335 e. The predicted molar refractivity (Wildman–Crippen MR) is 78.6 cm³/mol. The van der Waals surface area contributed by atoms with Gasteiger partial charge in [0, 0.05) is 0 Å². The predicted octanol–water partition coefficient (Wildman–Crippen LogP) is 2.83. The number of hydrogen-bond acceptors (Lipinski definition) is 3. The fourth-order valence-electron chi connectivity index (χ4n) is 1.90. The van der Waals surface area contributed by atoms with Crippen LogP contribution in [0.3, 0.4) is 0 Å². The van der Waals surface area contributed by atoms with E-state index in [1.165, 1.54) is 12.1 Å². The first-order valence-electron chi connectivity index (χ1n) is 6.41. The van der Waals surface area contributed by atoms with E-state index in [2.05, 4.69) is 5.32 Å². The Hall–Kier alpha value is -2.82. The topological polar surface area (TPSA) is 86.6 Å². The molecule has 0 fully saturated rings. The van der Waals surface area contributed by atoms with Gasteiger partial charge in [0.15, 0.2) is 0 Å². The van der Waals surface area contributed by atoms with Gasteiger partial charge in [0.2, 0.25) is 5.91 Å². The lowest BCUT2D eigenvalue weighted by molar-refractivity contribution is -0.117. The lowest BCUT2D eigenvalue weighted by atomic mass is 10.0. The van der Waals surface area contributed by atoms with E-state index < -0.39 is 5.97 Å². The van der Waals surface area contributed by atoms with Crippen LogP contribution in [0, 0.1) is 0 Å². The lowest BCUT2D eigenvalue weighted by Gasteiger charge is -2.13. The molecule has 3 N–H and O–H groups in total. The van der Waals surface area contributed by atoms with Crippen LogP contribution in [0.5, 0.6) is 5.75 Å². The molecule has 5 nitrogen and oxygen atoms in total. The molecule has 5 heteroatoms. The summed E-state index contributed by atoms with van der Waals surface area (Å²) in [6, 6.07) is 13.0. The summed E-state index contributed by atoms with van der Waals surface area (Å²) in [6.45, 7) is 1.76. The number of benzene rings is 2. The van der Waals surface area contributed by atoms with E-state index >= 15 is 0 Å². The largest absolute Gasteiger partial charge is 0.506 e. The van der Waals surface area contributed by atoms with Crippen LogP contribution in [-0.4, -0.2) is 22.1 Å². The summed E-state index contributed by atoms with van der Waals surface area (Å²) in [6.07, 6.45) is 0. The van der Waals surface area contributed by atoms with Gasteiger partial charge in [-0.3, -0.25) is 4.79 Å². The van der Waals surface area contributed by atoms with Gasteiger partial charge in [0.05, 0.1) is 17.2 Å². The lowest BCUT2D eigenvalue weighted by Crippen LogP contribution is -2.19. The van der Waals surface area contributed by atoms with E-state index in [1.54, 1.807) is 6.92 Å². The van der Waals surface area contributed by atoms with Crippen molar-refractivity contribution in [1.29, 1.82) is 0 Å². The highest BCUT2D eigenvalue weighted by Crippen LogP contribution is 2.26. The Balaban J connectivity index is 2.15. The van der Waals surface area contributed by atoms with Crippen LogP contribution in [0.15, 0.2) is 48.5 Å². The van der Waals surface area contributed by atoms with E-state index in [4.69, 9.17) is 5.11 Å². The zero-order valence-electron chi connectivity index (χ0n) is 11.4. The molecule has 0 aliphatic heterocycles. The van der Waals surface area contributed by atoms with Gasteiger partial charge < -0.3 is 15.5 Å². The highest BCUT2D eigenvalue weighted by molar-refractivity contribution is 5.97. The third-order valence-corrected chi connectivity index (χ3v) is 3.20. The molecule has 0 bridgehead atoms. The average Bonchev–Trinajstić information content (AvgIpc) is 2.49. The molecule has 2 aromatic carbocycles. The number of anilines is 1. The molecule has 0 aliphatic carbocycles. The Kier molecular flexibility index (Phi) is 4.23.